The van der Waals surface area contributed by atoms with Crippen molar-refractivity contribution in [2.24, 2.45) is 0 Å². The van der Waals surface area contributed by atoms with Crippen molar-refractivity contribution in [1.82, 2.24) is 25.5 Å². The Hall–Kier alpha value is -3.29. The van der Waals surface area contributed by atoms with E-state index >= 15 is 0 Å². The number of nitrogens with one attached hydrogen (secondary N) is 1. The summed E-state index contributed by atoms with van der Waals surface area (Å²) in [5.41, 5.74) is 3.29. The van der Waals surface area contributed by atoms with Crippen LogP contribution in [-0.4, -0.2) is 40.2 Å². The molecule has 0 atom stereocenters. The zero-order chi connectivity index (χ0) is 20.1. The first-order valence-corrected chi connectivity index (χ1v) is 9.25. The van der Waals surface area contributed by atoms with E-state index in [-0.39, 0.29) is 12.5 Å². The molecule has 3 rings (SSSR count). The molecule has 2 heterocycles. The third-order valence-electron chi connectivity index (χ3n) is 4.18. The van der Waals surface area contributed by atoms with Gasteiger partial charge in [0, 0.05) is 37.3 Å². The molecule has 0 aliphatic rings. The van der Waals surface area contributed by atoms with Crippen LogP contribution in [0.15, 0.2) is 34.7 Å². The number of aromatic nitrogens is 4. The quantitative estimate of drug-likeness (QED) is 0.673. The van der Waals surface area contributed by atoms with Crippen molar-refractivity contribution in [3.8, 4) is 11.3 Å². The third-order valence-corrected chi connectivity index (χ3v) is 4.18. The Morgan fingerprint density at radius 2 is 1.75 bits per heavy atom. The van der Waals surface area contributed by atoms with Crippen LogP contribution >= 0.6 is 0 Å². The van der Waals surface area contributed by atoms with Gasteiger partial charge in [0.25, 0.3) is 5.91 Å². The van der Waals surface area contributed by atoms with Crippen LogP contribution in [0, 0.1) is 0 Å². The van der Waals surface area contributed by atoms with Crippen molar-refractivity contribution in [3.63, 3.8) is 0 Å². The lowest BCUT2D eigenvalue weighted by molar-refractivity contribution is 0.0947. The zero-order valence-corrected chi connectivity index (χ0v) is 16.6. The molecule has 0 saturated carbocycles. The van der Waals surface area contributed by atoms with E-state index in [0.717, 1.165) is 23.4 Å². The Morgan fingerprint density at radius 3 is 2.36 bits per heavy atom. The van der Waals surface area contributed by atoms with Gasteiger partial charge in [-0.25, -0.2) is 9.97 Å². The van der Waals surface area contributed by atoms with Gasteiger partial charge in [-0.1, -0.05) is 26.0 Å². The monoisotopic (exact) mass is 380 g/mol. The highest BCUT2D eigenvalue weighted by Gasteiger charge is 2.11. The summed E-state index contributed by atoms with van der Waals surface area (Å²) in [4.78, 5) is 23.3. The zero-order valence-electron chi connectivity index (χ0n) is 16.6. The molecule has 2 aromatic heterocycles. The normalized spacial score (nSPS) is 10.7. The molecule has 146 valence electrons. The van der Waals surface area contributed by atoms with Crippen LogP contribution in [0.25, 0.3) is 11.3 Å². The average molecular weight is 380 g/mol. The maximum absolute atomic E-state index is 12.4. The Labute approximate surface area is 164 Å². The molecule has 3 aromatic rings. The van der Waals surface area contributed by atoms with Crippen LogP contribution in [-0.2, 0) is 19.4 Å². The van der Waals surface area contributed by atoms with E-state index < -0.39 is 0 Å². The molecule has 0 aliphatic heterocycles. The fourth-order valence-electron chi connectivity index (χ4n) is 2.57. The second-order valence-electron chi connectivity index (χ2n) is 6.50. The predicted octanol–water partition coefficient (Wildman–Crippen LogP) is 2.65. The van der Waals surface area contributed by atoms with Crippen LogP contribution < -0.4 is 10.2 Å². The number of benzene rings is 1. The fraction of sp³-hybridized carbons (Fsp3) is 0.350. The van der Waals surface area contributed by atoms with Gasteiger partial charge < -0.3 is 14.6 Å². The van der Waals surface area contributed by atoms with Crippen LogP contribution in [0.2, 0.25) is 0 Å². The summed E-state index contributed by atoms with van der Waals surface area (Å²) in [6.45, 7) is 4.19. The second-order valence-corrected chi connectivity index (χ2v) is 6.50. The van der Waals surface area contributed by atoms with Gasteiger partial charge in [-0.3, -0.25) is 4.79 Å². The van der Waals surface area contributed by atoms with E-state index in [1.807, 2.05) is 44.1 Å². The Kier molecular flexibility index (Phi) is 5.98. The van der Waals surface area contributed by atoms with E-state index in [9.17, 15) is 4.79 Å². The van der Waals surface area contributed by atoms with Crippen LogP contribution in [0.3, 0.4) is 0 Å². The van der Waals surface area contributed by atoms with Gasteiger partial charge >= 0.3 is 0 Å². The van der Waals surface area contributed by atoms with Crippen LogP contribution in [0.1, 0.15) is 41.7 Å². The topological polar surface area (TPSA) is 97.0 Å². The molecular weight excluding hydrogens is 356 g/mol. The molecule has 1 aromatic carbocycles. The minimum absolute atomic E-state index is 0.200. The molecule has 0 unspecified atom stereocenters. The molecule has 0 aliphatic carbocycles. The molecule has 8 nitrogen and oxygen atoms in total. The number of amides is 1. The van der Waals surface area contributed by atoms with Gasteiger partial charge in [-0.15, -0.1) is 10.2 Å². The largest absolute Gasteiger partial charge is 0.423 e. The molecule has 28 heavy (non-hydrogen) atoms. The standard InChI is InChI=1S/C20H24N6O2/c1-5-15-11-16(23-20(22-15)26(3)4)13-7-9-14(10-8-13)19(27)21-12-18-25-24-17(6-2)28-18/h7-11H,5-6,12H2,1-4H3,(H,21,27). The molecule has 0 spiro atoms. The third kappa shape index (κ3) is 4.51. The van der Waals surface area contributed by atoms with E-state index in [0.29, 0.717) is 29.7 Å². The number of carbonyl (C=O) groups is 1. The van der Waals surface area contributed by atoms with Crippen molar-refractivity contribution in [2.75, 3.05) is 19.0 Å². The predicted molar refractivity (Wildman–Crippen MR) is 106 cm³/mol. The first-order valence-electron chi connectivity index (χ1n) is 9.25. The van der Waals surface area contributed by atoms with Crippen LogP contribution in [0.5, 0.6) is 0 Å². The lowest BCUT2D eigenvalue weighted by Crippen LogP contribution is -2.22. The van der Waals surface area contributed by atoms with Crippen molar-refractivity contribution in [3.05, 3.63) is 53.4 Å². The Morgan fingerprint density at radius 1 is 1.04 bits per heavy atom. The smallest absolute Gasteiger partial charge is 0.251 e. The van der Waals surface area contributed by atoms with Crippen LogP contribution in [0.4, 0.5) is 5.95 Å². The first-order chi connectivity index (χ1) is 13.5. The number of anilines is 1. The Bertz CT molecular complexity index is 950. The minimum Gasteiger partial charge on any atom is -0.423 e. The van der Waals surface area contributed by atoms with Gasteiger partial charge in [0.15, 0.2) is 0 Å². The second kappa shape index (κ2) is 8.60. The molecule has 1 amide bonds. The van der Waals surface area contributed by atoms with Crippen molar-refractivity contribution >= 4 is 11.9 Å². The number of hydrogen-bond donors (Lipinski definition) is 1. The molecule has 0 fully saturated rings. The summed E-state index contributed by atoms with van der Waals surface area (Å²) in [6, 6.07) is 9.30. The molecular formula is C20H24N6O2. The van der Waals surface area contributed by atoms with Gasteiger partial charge in [0.05, 0.1) is 12.2 Å². The average Bonchev–Trinajstić information content (AvgIpc) is 3.19. The van der Waals surface area contributed by atoms with Gasteiger partial charge in [0.2, 0.25) is 17.7 Å². The van der Waals surface area contributed by atoms with E-state index in [1.165, 1.54) is 0 Å². The molecule has 1 N–H and O–H groups in total. The number of carbonyl (C=O) groups excluding carboxylic acids is 1. The number of nitrogens with zero attached hydrogens (tertiary/aromatic N) is 5. The fourth-order valence-corrected chi connectivity index (χ4v) is 2.57. The number of hydrogen-bond acceptors (Lipinski definition) is 7. The van der Waals surface area contributed by atoms with Gasteiger partial charge in [0.1, 0.15) is 0 Å². The summed E-state index contributed by atoms with van der Waals surface area (Å²) in [6.07, 6.45) is 1.49. The van der Waals surface area contributed by atoms with Crippen molar-refractivity contribution in [1.29, 1.82) is 0 Å². The lowest BCUT2D eigenvalue weighted by atomic mass is 10.1. The molecule has 0 radical (unpaired) electrons. The first kappa shape index (κ1) is 19.5. The summed E-state index contributed by atoms with van der Waals surface area (Å²) >= 11 is 0. The Balaban J connectivity index is 1.72. The van der Waals surface area contributed by atoms with E-state index in [2.05, 4.69) is 32.4 Å². The molecule has 0 saturated heterocycles. The van der Waals surface area contributed by atoms with Gasteiger partial charge in [-0.2, -0.15) is 0 Å². The summed E-state index contributed by atoms with van der Waals surface area (Å²) in [7, 11) is 3.83. The number of rotatable bonds is 7. The lowest BCUT2D eigenvalue weighted by Gasteiger charge is -2.13. The highest BCUT2D eigenvalue weighted by molar-refractivity contribution is 5.94. The summed E-state index contributed by atoms with van der Waals surface area (Å²) in [5.74, 6) is 1.42. The highest BCUT2D eigenvalue weighted by Crippen LogP contribution is 2.21. The number of aryl methyl sites for hydroxylation is 2. The molecule has 8 heteroatoms. The summed E-state index contributed by atoms with van der Waals surface area (Å²) in [5, 5.41) is 10.6. The van der Waals surface area contributed by atoms with Crippen molar-refractivity contribution in [2.45, 2.75) is 33.2 Å². The van der Waals surface area contributed by atoms with Gasteiger partial charge in [-0.05, 0) is 24.6 Å². The van der Waals surface area contributed by atoms with E-state index in [4.69, 9.17) is 4.42 Å². The molecule has 0 bridgehead atoms. The SMILES string of the molecule is CCc1cc(-c2ccc(C(=O)NCc3nnc(CC)o3)cc2)nc(N(C)C)n1. The maximum Gasteiger partial charge on any atom is 0.251 e. The highest BCUT2D eigenvalue weighted by atomic mass is 16.4. The maximum atomic E-state index is 12.4. The van der Waals surface area contributed by atoms with E-state index in [1.54, 1.807) is 12.1 Å². The summed E-state index contributed by atoms with van der Waals surface area (Å²) < 4.78 is 5.39. The minimum atomic E-state index is -0.200. The van der Waals surface area contributed by atoms with Crippen molar-refractivity contribution < 1.29 is 9.21 Å².